The minimum absolute atomic E-state index is 0.0939. The lowest BCUT2D eigenvalue weighted by Gasteiger charge is -2.42. The molecule has 2 aromatic heterocycles. The Hall–Kier alpha value is -2.36. The molecule has 0 spiro atoms. The summed E-state index contributed by atoms with van der Waals surface area (Å²) in [4.78, 5) is 24.1. The Morgan fingerprint density at radius 1 is 0.944 bits per heavy atom. The van der Waals surface area contributed by atoms with Crippen LogP contribution in [0.2, 0.25) is 5.02 Å². The standard InChI is InChI=1S/C26H38ClN7O2/c1-19-17-32(25-22(27)14-21(6-12-35)16-28-25)9-10-33(19)24-15-23(31-7-4-3-5-8-31)29-26(30-24)34-11-13-36-18-20(34)2/h14-16,19-20,35H,3-13,17-18H2,1-2H3/t19-,20-/m1/s1. The quantitative estimate of drug-likeness (QED) is 0.624. The predicted molar refractivity (Wildman–Crippen MR) is 145 cm³/mol. The van der Waals surface area contributed by atoms with Gasteiger partial charge in [-0.2, -0.15) is 9.97 Å². The van der Waals surface area contributed by atoms with Crippen LogP contribution in [0.1, 0.15) is 38.7 Å². The van der Waals surface area contributed by atoms with Crippen LogP contribution in [0.4, 0.5) is 23.4 Å². The van der Waals surface area contributed by atoms with Crippen LogP contribution in [0.5, 0.6) is 0 Å². The fraction of sp³-hybridized carbons (Fsp3) is 0.654. The summed E-state index contributed by atoms with van der Waals surface area (Å²) in [5.41, 5.74) is 0.953. The van der Waals surface area contributed by atoms with Crippen LogP contribution < -0.4 is 19.6 Å². The maximum absolute atomic E-state index is 9.21. The molecule has 10 heteroatoms. The number of piperazine rings is 1. The van der Waals surface area contributed by atoms with Gasteiger partial charge >= 0.3 is 0 Å². The number of hydrogen-bond donors (Lipinski definition) is 1. The van der Waals surface area contributed by atoms with E-state index < -0.39 is 0 Å². The number of morpholine rings is 1. The number of rotatable bonds is 6. The van der Waals surface area contributed by atoms with E-state index in [0.29, 0.717) is 24.7 Å². The topological polar surface area (TPSA) is 81.1 Å². The molecule has 5 rings (SSSR count). The fourth-order valence-corrected chi connectivity index (χ4v) is 5.76. The van der Waals surface area contributed by atoms with Gasteiger partial charge in [0.1, 0.15) is 17.5 Å². The second kappa shape index (κ2) is 11.4. The Morgan fingerprint density at radius 2 is 1.75 bits per heavy atom. The minimum atomic E-state index is 0.0939. The Balaban J connectivity index is 1.39. The highest BCUT2D eigenvalue weighted by Gasteiger charge is 2.30. The number of aliphatic hydroxyl groups is 1. The van der Waals surface area contributed by atoms with Crippen molar-refractivity contribution < 1.29 is 9.84 Å². The van der Waals surface area contributed by atoms with Crippen LogP contribution >= 0.6 is 11.6 Å². The highest BCUT2D eigenvalue weighted by Crippen LogP contribution is 2.31. The summed E-state index contributed by atoms with van der Waals surface area (Å²) in [5.74, 6) is 3.64. The minimum Gasteiger partial charge on any atom is -0.396 e. The van der Waals surface area contributed by atoms with Gasteiger partial charge < -0.3 is 29.4 Å². The molecule has 2 atom stereocenters. The predicted octanol–water partition coefficient (Wildman–Crippen LogP) is 2.99. The second-order valence-electron chi connectivity index (χ2n) is 10.2. The van der Waals surface area contributed by atoms with E-state index in [9.17, 15) is 5.11 Å². The molecule has 0 amide bonds. The van der Waals surface area contributed by atoms with E-state index in [-0.39, 0.29) is 18.7 Å². The molecule has 0 saturated carbocycles. The molecule has 0 unspecified atom stereocenters. The van der Waals surface area contributed by atoms with Crippen LogP contribution in [0, 0.1) is 0 Å². The molecule has 3 fully saturated rings. The molecule has 3 aliphatic heterocycles. The summed E-state index contributed by atoms with van der Waals surface area (Å²) in [5, 5.41) is 9.85. The molecule has 0 bridgehead atoms. The van der Waals surface area contributed by atoms with E-state index in [0.717, 1.165) is 68.2 Å². The molecule has 0 radical (unpaired) electrons. The molecule has 9 nitrogen and oxygen atoms in total. The first-order valence-electron chi connectivity index (χ1n) is 13.3. The summed E-state index contributed by atoms with van der Waals surface area (Å²) in [6.07, 6.45) is 6.09. The summed E-state index contributed by atoms with van der Waals surface area (Å²) >= 11 is 6.59. The van der Waals surface area contributed by atoms with Gasteiger partial charge in [0.2, 0.25) is 5.95 Å². The van der Waals surface area contributed by atoms with Crippen molar-refractivity contribution in [2.75, 3.05) is 78.7 Å². The van der Waals surface area contributed by atoms with Crippen molar-refractivity contribution in [1.29, 1.82) is 0 Å². The summed E-state index contributed by atoms with van der Waals surface area (Å²) < 4.78 is 5.68. The molecule has 3 aliphatic rings. The van der Waals surface area contributed by atoms with E-state index in [1.54, 1.807) is 0 Å². The van der Waals surface area contributed by atoms with Crippen LogP contribution in [-0.2, 0) is 11.2 Å². The number of anilines is 4. The highest BCUT2D eigenvalue weighted by atomic mass is 35.5. The lowest BCUT2D eigenvalue weighted by atomic mass is 10.1. The smallest absolute Gasteiger partial charge is 0.229 e. The number of halogens is 1. The van der Waals surface area contributed by atoms with Crippen LogP contribution in [0.3, 0.4) is 0 Å². The van der Waals surface area contributed by atoms with E-state index in [1.807, 2.05) is 12.3 Å². The molecule has 5 heterocycles. The first kappa shape index (κ1) is 25.3. The third-order valence-electron chi connectivity index (χ3n) is 7.49. The molecule has 2 aromatic rings. The lowest BCUT2D eigenvalue weighted by molar-refractivity contribution is 0.0981. The van der Waals surface area contributed by atoms with E-state index >= 15 is 0 Å². The van der Waals surface area contributed by atoms with Gasteiger partial charge in [0.15, 0.2) is 0 Å². The number of hydrogen-bond acceptors (Lipinski definition) is 9. The molecule has 0 aromatic carbocycles. The average molecular weight is 516 g/mol. The molecule has 0 aliphatic carbocycles. The van der Waals surface area contributed by atoms with E-state index in [4.69, 9.17) is 26.3 Å². The zero-order chi connectivity index (χ0) is 25.1. The van der Waals surface area contributed by atoms with Crippen molar-refractivity contribution in [3.8, 4) is 0 Å². The first-order valence-corrected chi connectivity index (χ1v) is 13.7. The van der Waals surface area contributed by atoms with E-state index in [1.165, 1.54) is 19.3 Å². The Labute approximate surface area is 219 Å². The molecule has 196 valence electrons. The Bertz CT molecular complexity index is 1040. The van der Waals surface area contributed by atoms with Gasteiger partial charge in [0.25, 0.3) is 0 Å². The van der Waals surface area contributed by atoms with Crippen molar-refractivity contribution in [3.05, 3.63) is 28.9 Å². The molecule has 1 N–H and O–H groups in total. The van der Waals surface area contributed by atoms with Crippen LogP contribution in [0.15, 0.2) is 18.3 Å². The molecule has 36 heavy (non-hydrogen) atoms. The molecular formula is C26H38ClN7O2. The number of ether oxygens (including phenoxy) is 1. The van der Waals surface area contributed by atoms with Crippen molar-refractivity contribution in [3.63, 3.8) is 0 Å². The molecule has 3 saturated heterocycles. The monoisotopic (exact) mass is 515 g/mol. The third-order valence-corrected chi connectivity index (χ3v) is 7.77. The zero-order valence-electron chi connectivity index (χ0n) is 21.4. The van der Waals surface area contributed by atoms with Crippen molar-refractivity contribution in [1.82, 2.24) is 15.0 Å². The number of nitrogens with zero attached hydrogens (tertiary/aromatic N) is 7. The highest BCUT2D eigenvalue weighted by molar-refractivity contribution is 6.33. The van der Waals surface area contributed by atoms with Gasteiger partial charge in [0.05, 0.1) is 24.3 Å². The maximum Gasteiger partial charge on any atom is 0.229 e. The van der Waals surface area contributed by atoms with Crippen molar-refractivity contribution >= 4 is 35.0 Å². The SMILES string of the molecule is C[C@@H]1CN(c2ncc(CCO)cc2Cl)CCN1c1cc(N2CCCCC2)nc(N2CCOC[C@H]2C)n1. The fourth-order valence-electron chi connectivity index (χ4n) is 5.45. The van der Waals surface area contributed by atoms with E-state index in [2.05, 4.69) is 44.5 Å². The maximum atomic E-state index is 9.21. The summed E-state index contributed by atoms with van der Waals surface area (Å²) in [7, 11) is 0. The zero-order valence-corrected chi connectivity index (χ0v) is 22.2. The summed E-state index contributed by atoms with van der Waals surface area (Å²) in [6.45, 7) is 11.3. The third kappa shape index (κ3) is 5.48. The second-order valence-corrected chi connectivity index (χ2v) is 10.6. The summed E-state index contributed by atoms with van der Waals surface area (Å²) in [6, 6.07) is 4.58. The van der Waals surface area contributed by atoms with Crippen molar-refractivity contribution in [2.24, 2.45) is 0 Å². The number of aliphatic hydroxyl groups excluding tert-OH is 1. The Morgan fingerprint density at radius 3 is 2.47 bits per heavy atom. The van der Waals surface area contributed by atoms with Gasteiger partial charge in [-0.15, -0.1) is 0 Å². The number of aromatic nitrogens is 3. The normalized spacial score (nSPS) is 23.3. The average Bonchev–Trinajstić information content (AvgIpc) is 2.89. The van der Waals surface area contributed by atoms with Gasteiger partial charge in [-0.1, -0.05) is 11.6 Å². The Kier molecular flexibility index (Phi) is 7.98. The van der Waals surface area contributed by atoms with Crippen LogP contribution in [0.25, 0.3) is 0 Å². The van der Waals surface area contributed by atoms with Crippen LogP contribution in [-0.4, -0.2) is 91.2 Å². The van der Waals surface area contributed by atoms with Gasteiger partial charge in [-0.25, -0.2) is 4.98 Å². The number of piperidine rings is 1. The van der Waals surface area contributed by atoms with Gasteiger partial charge in [0, 0.05) is 64.2 Å². The van der Waals surface area contributed by atoms with Gasteiger partial charge in [-0.05, 0) is 51.2 Å². The molecular weight excluding hydrogens is 478 g/mol. The first-order chi connectivity index (χ1) is 17.5. The van der Waals surface area contributed by atoms with Crippen molar-refractivity contribution in [2.45, 2.75) is 51.6 Å². The largest absolute Gasteiger partial charge is 0.396 e. The number of pyridine rings is 1. The van der Waals surface area contributed by atoms with Gasteiger partial charge in [-0.3, -0.25) is 0 Å². The lowest BCUT2D eigenvalue weighted by Crippen LogP contribution is -2.53.